The summed E-state index contributed by atoms with van der Waals surface area (Å²) in [6, 6.07) is 16.6. The number of carbonyl (C=O) groups is 1. The van der Waals surface area contributed by atoms with Crippen molar-refractivity contribution in [3.05, 3.63) is 60.3 Å². The zero-order valence-electron chi connectivity index (χ0n) is 15.9. The van der Waals surface area contributed by atoms with E-state index in [4.69, 9.17) is 4.74 Å². The second-order valence-electron chi connectivity index (χ2n) is 7.15. The molecule has 3 aromatic rings. The number of piperidine rings is 1. The van der Waals surface area contributed by atoms with Crippen molar-refractivity contribution in [1.29, 1.82) is 0 Å². The van der Waals surface area contributed by atoms with Gasteiger partial charge in [0.1, 0.15) is 0 Å². The van der Waals surface area contributed by atoms with Crippen LogP contribution in [0.3, 0.4) is 0 Å². The number of hydrogen-bond donors (Lipinski definition) is 0. The Morgan fingerprint density at radius 2 is 1.78 bits per heavy atom. The minimum atomic E-state index is 0.152. The summed E-state index contributed by atoms with van der Waals surface area (Å²) in [5, 5.41) is 1.05. The van der Waals surface area contributed by atoms with Gasteiger partial charge in [-0.1, -0.05) is 42.5 Å². The molecule has 1 aromatic heterocycles. The Kier molecular flexibility index (Phi) is 5.26. The van der Waals surface area contributed by atoms with Crippen LogP contribution in [0.1, 0.15) is 29.6 Å². The Labute approximate surface area is 160 Å². The predicted octanol–water partition coefficient (Wildman–Crippen LogP) is 4.58. The molecule has 0 radical (unpaired) electrons. The van der Waals surface area contributed by atoms with Crippen LogP contribution < -0.4 is 0 Å². The second kappa shape index (κ2) is 7.97. The molecule has 0 aliphatic carbocycles. The first-order valence-electron chi connectivity index (χ1n) is 9.75. The maximum absolute atomic E-state index is 13.4. The normalized spacial score (nSPS) is 14.6. The molecule has 1 saturated heterocycles. The highest BCUT2D eigenvalue weighted by molar-refractivity contribution is 6.12. The molecule has 2 heterocycles. The number of ether oxygens (including phenoxy) is 1. The molecule has 4 rings (SSSR count). The number of rotatable bonds is 5. The maximum Gasteiger partial charge on any atom is 0.256 e. The fourth-order valence-corrected chi connectivity index (χ4v) is 4.01. The minimum Gasteiger partial charge on any atom is -0.383 e. The first kappa shape index (κ1) is 17.8. The van der Waals surface area contributed by atoms with E-state index in [1.54, 1.807) is 7.11 Å². The lowest BCUT2D eigenvalue weighted by Gasteiger charge is -2.26. The average molecular weight is 362 g/mol. The fourth-order valence-electron chi connectivity index (χ4n) is 4.01. The molecule has 0 atom stereocenters. The lowest BCUT2D eigenvalue weighted by atomic mass is 9.98. The first-order chi connectivity index (χ1) is 13.3. The Balaban J connectivity index is 1.87. The number of methoxy groups -OCH3 is 1. The van der Waals surface area contributed by atoms with Gasteiger partial charge in [0.15, 0.2) is 0 Å². The van der Waals surface area contributed by atoms with Gasteiger partial charge in [0.05, 0.1) is 12.2 Å². The third-order valence-corrected chi connectivity index (χ3v) is 5.40. The molecule has 1 fully saturated rings. The number of aromatic nitrogens is 1. The largest absolute Gasteiger partial charge is 0.383 e. The van der Waals surface area contributed by atoms with Crippen LogP contribution in [0.5, 0.6) is 0 Å². The smallest absolute Gasteiger partial charge is 0.256 e. The summed E-state index contributed by atoms with van der Waals surface area (Å²) in [5.41, 5.74) is 4.15. The van der Waals surface area contributed by atoms with E-state index in [1.807, 2.05) is 29.3 Å². The maximum atomic E-state index is 13.4. The lowest BCUT2D eigenvalue weighted by Crippen LogP contribution is -2.35. The highest BCUT2D eigenvalue weighted by Gasteiger charge is 2.24. The van der Waals surface area contributed by atoms with Gasteiger partial charge >= 0.3 is 0 Å². The van der Waals surface area contributed by atoms with E-state index in [0.717, 1.165) is 60.1 Å². The number of benzene rings is 2. The van der Waals surface area contributed by atoms with Crippen LogP contribution in [-0.4, -0.2) is 42.2 Å². The van der Waals surface area contributed by atoms with Crippen LogP contribution >= 0.6 is 0 Å². The number of fused-ring (bicyclic) bond motifs is 1. The van der Waals surface area contributed by atoms with Crippen molar-refractivity contribution in [3.8, 4) is 11.1 Å². The van der Waals surface area contributed by atoms with Crippen LogP contribution in [0.4, 0.5) is 0 Å². The summed E-state index contributed by atoms with van der Waals surface area (Å²) < 4.78 is 7.43. The van der Waals surface area contributed by atoms with Gasteiger partial charge in [-0.2, -0.15) is 0 Å². The van der Waals surface area contributed by atoms with Crippen molar-refractivity contribution in [1.82, 2.24) is 9.47 Å². The van der Waals surface area contributed by atoms with Crippen LogP contribution in [0.15, 0.2) is 54.7 Å². The topological polar surface area (TPSA) is 34.5 Å². The van der Waals surface area contributed by atoms with Crippen molar-refractivity contribution < 1.29 is 9.53 Å². The molecular formula is C23H26N2O2. The summed E-state index contributed by atoms with van der Waals surface area (Å²) >= 11 is 0. The van der Waals surface area contributed by atoms with Crippen molar-refractivity contribution in [2.45, 2.75) is 25.8 Å². The van der Waals surface area contributed by atoms with Crippen molar-refractivity contribution in [3.63, 3.8) is 0 Å². The van der Waals surface area contributed by atoms with E-state index < -0.39 is 0 Å². The molecule has 0 unspecified atom stereocenters. The summed E-state index contributed by atoms with van der Waals surface area (Å²) in [6.45, 7) is 3.07. The van der Waals surface area contributed by atoms with Crippen LogP contribution in [-0.2, 0) is 11.3 Å². The van der Waals surface area contributed by atoms with Crippen LogP contribution in [0, 0.1) is 0 Å². The standard InChI is InChI=1S/C23H26N2O2/c1-27-16-15-25-17-20(23(26)24-13-6-3-7-14-24)22-19(11-8-12-21(22)25)18-9-4-2-5-10-18/h2,4-5,8-12,17H,3,6-7,13-16H2,1H3. The highest BCUT2D eigenvalue weighted by Crippen LogP contribution is 2.33. The zero-order valence-corrected chi connectivity index (χ0v) is 15.9. The van der Waals surface area contributed by atoms with Crippen molar-refractivity contribution in [2.24, 2.45) is 0 Å². The van der Waals surface area contributed by atoms with Gasteiger partial charge in [0, 0.05) is 43.8 Å². The molecule has 27 heavy (non-hydrogen) atoms. The number of amides is 1. The fraction of sp³-hybridized carbons (Fsp3) is 0.348. The van der Waals surface area contributed by atoms with Gasteiger partial charge in [-0.15, -0.1) is 0 Å². The molecule has 4 nitrogen and oxygen atoms in total. The minimum absolute atomic E-state index is 0.152. The van der Waals surface area contributed by atoms with Gasteiger partial charge < -0.3 is 14.2 Å². The van der Waals surface area contributed by atoms with Crippen molar-refractivity contribution in [2.75, 3.05) is 26.8 Å². The van der Waals surface area contributed by atoms with E-state index in [2.05, 4.69) is 34.9 Å². The molecule has 0 bridgehead atoms. The van der Waals surface area contributed by atoms with E-state index in [-0.39, 0.29) is 5.91 Å². The highest BCUT2D eigenvalue weighted by atomic mass is 16.5. The number of likely N-dealkylation sites (tertiary alicyclic amines) is 1. The van der Waals surface area contributed by atoms with E-state index in [9.17, 15) is 4.79 Å². The monoisotopic (exact) mass is 362 g/mol. The Morgan fingerprint density at radius 1 is 1.00 bits per heavy atom. The van der Waals surface area contributed by atoms with Gasteiger partial charge in [-0.25, -0.2) is 0 Å². The summed E-state index contributed by atoms with van der Waals surface area (Å²) in [7, 11) is 1.71. The Morgan fingerprint density at radius 3 is 2.52 bits per heavy atom. The molecule has 4 heteroatoms. The molecule has 0 saturated carbocycles. The zero-order chi connectivity index (χ0) is 18.6. The quantitative estimate of drug-likeness (QED) is 0.666. The number of hydrogen-bond acceptors (Lipinski definition) is 2. The average Bonchev–Trinajstić information content (AvgIpc) is 3.12. The molecule has 2 aromatic carbocycles. The summed E-state index contributed by atoms with van der Waals surface area (Å²) in [6.07, 6.45) is 5.43. The van der Waals surface area contributed by atoms with Crippen LogP contribution in [0.25, 0.3) is 22.0 Å². The molecule has 0 spiro atoms. The van der Waals surface area contributed by atoms with E-state index >= 15 is 0 Å². The number of nitrogens with zero attached hydrogens (tertiary/aromatic N) is 2. The molecule has 0 N–H and O–H groups in total. The summed E-state index contributed by atoms with van der Waals surface area (Å²) in [4.78, 5) is 15.4. The van der Waals surface area contributed by atoms with Crippen molar-refractivity contribution >= 4 is 16.8 Å². The summed E-state index contributed by atoms with van der Waals surface area (Å²) in [5.74, 6) is 0.152. The third-order valence-electron chi connectivity index (χ3n) is 5.40. The molecule has 1 aliphatic rings. The Hall–Kier alpha value is -2.59. The molecule has 140 valence electrons. The van der Waals surface area contributed by atoms with Gasteiger partial charge in [-0.3, -0.25) is 4.79 Å². The van der Waals surface area contributed by atoms with E-state index in [1.165, 1.54) is 6.42 Å². The SMILES string of the molecule is COCCn1cc(C(=O)N2CCCCC2)c2c(-c3ccccc3)cccc21. The molecule has 1 amide bonds. The predicted molar refractivity (Wildman–Crippen MR) is 109 cm³/mol. The van der Waals surface area contributed by atoms with E-state index in [0.29, 0.717) is 6.61 Å². The third kappa shape index (κ3) is 3.50. The van der Waals surface area contributed by atoms with Gasteiger partial charge in [0.2, 0.25) is 0 Å². The molecular weight excluding hydrogens is 336 g/mol. The first-order valence-corrected chi connectivity index (χ1v) is 9.75. The molecule has 1 aliphatic heterocycles. The number of carbonyl (C=O) groups excluding carboxylic acids is 1. The van der Waals surface area contributed by atoms with Gasteiger partial charge in [-0.05, 0) is 36.5 Å². The lowest BCUT2D eigenvalue weighted by molar-refractivity contribution is 0.0726. The Bertz CT molecular complexity index is 924. The van der Waals surface area contributed by atoms with Gasteiger partial charge in [0.25, 0.3) is 5.91 Å². The second-order valence-corrected chi connectivity index (χ2v) is 7.15. The van der Waals surface area contributed by atoms with Crippen LogP contribution in [0.2, 0.25) is 0 Å².